The molecule has 1 N–H and O–H groups in total. The van der Waals surface area contributed by atoms with Crippen molar-refractivity contribution in [3.8, 4) is 17.0 Å². The lowest BCUT2D eigenvalue weighted by molar-refractivity contribution is 0.102. The third kappa shape index (κ3) is 3.68. The summed E-state index contributed by atoms with van der Waals surface area (Å²) < 4.78 is 10.4. The minimum Gasteiger partial charge on any atom is -0.494 e. The molecule has 2 aromatic carbocycles. The third-order valence-corrected chi connectivity index (χ3v) is 3.75. The van der Waals surface area contributed by atoms with E-state index in [9.17, 15) is 4.79 Å². The zero-order chi connectivity index (χ0) is 17.8. The normalized spacial score (nSPS) is 10.5. The molecule has 0 aliphatic rings. The van der Waals surface area contributed by atoms with Crippen LogP contribution in [0.4, 0.5) is 5.82 Å². The monoisotopic (exact) mass is 337 g/mol. The zero-order valence-corrected chi connectivity index (χ0v) is 14.4. The third-order valence-electron chi connectivity index (χ3n) is 3.75. The molecule has 0 saturated carbocycles. The van der Waals surface area contributed by atoms with Crippen LogP contribution in [0.25, 0.3) is 11.3 Å². The van der Waals surface area contributed by atoms with E-state index < -0.39 is 0 Å². The molecule has 1 amide bonds. The van der Waals surface area contributed by atoms with Crippen LogP contribution in [0.1, 0.15) is 28.4 Å². The van der Waals surface area contributed by atoms with Gasteiger partial charge in [0.15, 0.2) is 5.69 Å². The van der Waals surface area contributed by atoms with Gasteiger partial charge in [-0.15, -0.1) is 0 Å². The van der Waals surface area contributed by atoms with Gasteiger partial charge in [0.25, 0.3) is 5.91 Å². The SMILES string of the molecule is CCOc1ccc(-c2nonc2NC(=O)c2cccc(C)c2)cc1C. The summed E-state index contributed by atoms with van der Waals surface area (Å²) in [6.45, 7) is 6.42. The lowest BCUT2D eigenvalue weighted by Crippen LogP contribution is -2.13. The van der Waals surface area contributed by atoms with E-state index in [1.807, 2.05) is 57.2 Å². The molecule has 1 aromatic heterocycles. The largest absolute Gasteiger partial charge is 0.494 e. The highest BCUT2D eigenvalue weighted by Gasteiger charge is 2.17. The maximum absolute atomic E-state index is 12.4. The first-order chi connectivity index (χ1) is 12.1. The number of ether oxygens (including phenoxy) is 1. The second-order valence-electron chi connectivity index (χ2n) is 5.70. The summed E-state index contributed by atoms with van der Waals surface area (Å²) in [4.78, 5) is 12.4. The Morgan fingerprint density at radius 1 is 1.16 bits per heavy atom. The molecule has 0 unspecified atom stereocenters. The molecule has 0 saturated heterocycles. The molecular weight excluding hydrogens is 318 g/mol. The first-order valence-electron chi connectivity index (χ1n) is 8.03. The Labute approximate surface area is 145 Å². The maximum atomic E-state index is 12.4. The molecule has 1 heterocycles. The number of anilines is 1. The molecule has 25 heavy (non-hydrogen) atoms. The van der Waals surface area contributed by atoms with Crippen LogP contribution in [0, 0.1) is 13.8 Å². The predicted molar refractivity (Wildman–Crippen MR) is 94.8 cm³/mol. The zero-order valence-electron chi connectivity index (χ0n) is 14.4. The average Bonchev–Trinajstić information content (AvgIpc) is 3.05. The van der Waals surface area contributed by atoms with Crippen molar-refractivity contribution >= 4 is 11.7 Å². The fourth-order valence-electron chi connectivity index (χ4n) is 2.54. The summed E-state index contributed by atoms with van der Waals surface area (Å²) in [6.07, 6.45) is 0. The van der Waals surface area contributed by atoms with Gasteiger partial charge in [-0.1, -0.05) is 17.7 Å². The van der Waals surface area contributed by atoms with Crippen LogP contribution < -0.4 is 10.1 Å². The summed E-state index contributed by atoms with van der Waals surface area (Å²) in [5.74, 6) is 0.839. The van der Waals surface area contributed by atoms with Crippen molar-refractivity contribution < 1.29 is 14.2 Å². The van der Waals surface area contributed by atoms with Gasteiger partial charge in [0, 0.05) is 11.1 Å². The van der Waals surface area contributed by atoms with Crippen LogP contribution >= 0.6 is 0 Å². The molecule has 3 rings (SSSR count). The van der Waals surface area contributed by atoms with Crippen molar-refractivity contribution in [2.24, 2.45) is 0 Å². The Hall–Kier alpha value is -3.15. The number of hydrogen-bond donors (Lipinski definition) is 1. The van der Waals surface area contributed by atoms with E-state index in [1.54, 1.807) is 6.07 Å². The molecule has 0 atom stereocenters. The molecule has 0 spiro atoms. The van der Waals surface area contributed by atoms with E-state index in [0.717, 1.165) is 22.4 Å². The van der Waals surface area contributed by atoms with Gasteiger partial charge < -0.3 is 10.1 Å². The highest BCUT2D eigenvalue weighted by atomic mass is 16.6. The van der Waals surface area contributed by atoms with Crippen LogP contribution in [0.5, 0.6) is 5.75 Å². The minimum atomic E-state index is -0.261. The van der Waals surface area contributed by atoms with E-state index in [1.165, 1.54) is 0 Å². The molecular formula is C19H19N3O3. The van der Waals surface area contributed by atoms with E-state index >= 15 is 0 Å². The summed E-state index contributed by atoms with van der Waals surface area (Å²) in [6, 6.07) is 13.0. The Morgan fingerprint density at radius 3 is 2.72 bits per heavy atom. The topological polar surface area (TPSA) is 77.2 Å². The van der Waals surface area contributed by atoms with Gasteiger partial charge in [-0.3, -0.25) is 4.79 Å². The molecule has 0 aliphatic heterocycles. The second-order valence-corrected chi connectivity index (χ2v) is 5.70. The summed E-state index contributed by atoms with van der Waals surface area (Å²) in [5, 5.41) is 10.5. The number of nitrogens with zero attached hydrogens (tertiary/aromatic N) is 2. The van der Waals surface area contributed by atoms with Crippen molar-refractivity contribution in [3.05, 3.63) is 59.2 Å². The van der Waals surface area contributed by atoms with Crippen LogP contribution in [0.3, 0.4) is 0 Å². The van der Waals surface area contributed by atoms with Gasteiger partial charge in [0.05, 0.1) is 6.61 Å². The lowest BCUT2D eigenvalue weighted by Gasteiger charge is -2.08. The number of nitrogens with one attached hydrogen (secondary N) is 1. The van der Waals surface area contributed by atoms with Gasteiger partial charge in [-0.05, 0) is 67.0 Å². The molecule has 0 radical (unpaired) electrons. The number of aromatic nitrogens is 2. The van der Waals surface area contributed by atoms with Gasteiger partial charge >= 0.3 is 0 Å². The van der Waals surface area contributed by atoms with Crippen molar-refractivity contribution in [2.45, 2.75) is 20.8 Å². The Balaban J connectivity index is 1.86. The average molecular weight is 337 g/mol. The summed E-state index contributed by atoms with van der Waals surface area (Å²) >= 11 is 0. The lowest BCUT2D eigenvalue weighted by atomic mass is 10.1. The van der Waals surface area contributed by atoms with E-state index in [0.29, 0.717) is 17.9 Å². The summed E-state index contributed by atoms with van der Waals surface area (Å²) in [7, 11) is 0. The van der Waals surface area contributed by atoms with Crippen molar-refractivity contribution in [1.82, 2.24) is 10.3 Å². The fourth-order valence-corrected chi connectivity index (χ4v) is 2.54. The maximum Gasteiger partial charge on any atom is 0.256 e. The number of hydrogen-bond acceptors (Lipinski definition) is 5. The van der Waals surface area contributed by atoms with E-state index in [4.69, 9.17) is 9.37 Å². The van der Waals surface area contributed by atoms with Crippen molar-refractivity contribution in [2.75, 3.05) is 11.9 Å². The predicted octanol–water partition coefficient (Wildman–Crippen LogP) is 4.00. The van der Waals surface area contributed by atoms with Crippen LogP contribution in [-0.2, 0) is 0 Å². The van der Waals surface area contributed by atoms with Crippen LogP contribution in [0.15, 0.2) is 47.1 Å². The molecule has 128 valence electrons. The smallest absolute Gasteiger partial charge is 0.256 e. The number of rotatable bonds is 5. The highest BCUT2D eigenvalue weighted by molar-refractivity contribution is 6.05. The number of benzene rings is 2. The fraction of sp³-hybridized carbons (Fsp3) is 0.211. The van der Waals surface area contributed by atoms with Crippen molar-refractivity contribution in [3.63, 3.8) is 0 Å². The number of amides is 1. The van der Waals surface area contributed by atoms with Crippen LogP contribution in [0.2, 0.25) is 0 Å². The van der Waals surface area contributed by atoms with Gasteiger partial charge in [-0.25, -0.2) is 4.63 Å². The number of carbonyl (C=O) groups is 1. The quantitative estimate of drug-likeness (QED) is 0.761. The van der Waals surface area contributed by atoms with Crippen molar-refractivity contribution in [1.29, 1.82) is 0 Å². The molecule has 6 nitrogen and oxygen atoms in total. The Kier molecular flexibility index (Phi) is 4.79. The second kappa shape index (κ2) is 7.17. The first kappa shape index (κ1) is 16.7. The van der Waals surface area contributed by atoms with Crippen LogP contribution in [-0.4, -0.2) is 22.8 Å². The summed E-state index contributed by atoms with van der Waals surface area (Å²) in [5.41, 5.74) is 3.80. The van der Waals surface area contributed by atoms with E-state index in [2.05, 4.69) is 15.6 Å². The molecule has 6 heteroatoms. The van der Waals surface area contributed by atoms with Gasteiger partial charge in [0.1, 0.15) is 5.75 Å². The van der Waals surface area contributed by atoms with Gasteiger partial charge in [-0.2, -0.15) is 0 Å². The highest BCUT2D eigenvalue weighted by Crippen LogP contribution is 2.29. The molecule has 0 bridgehead atoms. The standard InChI is InChI=1S/C19H19N3O3/c1-4-24-16-9-8-14(11-13(16)3)17-18(22-25-21-17)20-19(23)15-7-5-6-12(2)10-15/h5-11H,4H2,1-3H3,(H,20,22,23). The number of aryl methyl sites for hydroxylation is 2. The number of carbonyl (C=O) groups excluding carboxylic acids is 1. The van der Waals surface area contributed by atoms with Gasteiger partial charge in [0.2, 0.25) is 5.82 Å². The van der Waals surface area contributed by atoms with E-state index in [-0.39, 0.29) is 11.7 Å². The minimum absolute atomic E-state index is 0.261. The Bertz CT molecular complexity index is 902. The molecule has 0 fully saturated rings. The first-order valence-corrected chi connectivity index (χ1v) is 8.03. The molecule has 0 aliphatic carbocycles. The molecule has 3 aromatic rings. The Morgan fingerprint density at radius 2 is 2.00 bits per heavy atom.